The molecule has 2 atom stereocenters. The second-order valence-corrected chi connectivity index (χ2v) is 6.94. The molecular weight excluding hydrogens is 260 g/mol. The molecule has 1 fully saturated rings. The molecule has 2 rings (SSSR count). The number of hydrogen-bond acceptors (Lipinski definition) is 3. The Bertz CT molecular complexity index is 413. The molecule has 0 aromatic carbocycles. The minimum Gasteiger partial charge on any atom is -0.311 e. The van der Waals surface area contributed by atoms with Gasteiger partial charge in [0.2, 0.25) is 0 Å². The maximum absolute atomic E-state index is 4.28. The number of aromatic nitrogens is 2. The van der Waals surface area contributed by atoms with Crippen LogP contribution >= 0.6 is 0 Å². The van der Waals surface area contributed by atoms with Gasteiger partial charge in [0.15, 0.2) is 0 Å². The summed E-state index contributed by atoms with van der Waals surface area (Å²) in [6.45, 7) is 10.4. The lowest BCUT2D eigenvalue weighted by atomic mass is 9.97. The van der Waals surface area contributed by atoms with Crippen LogP contribution in [0.3, 0.4) is 0 Å². The summed E-state index contributed by atoms with van der Waals surface area (Å²) in [4.78, 5) is 2.71. The Morgan fingerprint density at radius 1 is 1.43 bits per heavy atom. The van der Waals surface area contributed by atoms with Crippen LogP contribution in [0.1, 0.15) is 45.6 Å². The number of nitrogens with one attached hydrogen (secondary N) is 1. The van der Waals surface area contributed by atoms with Gasteiger partial charge in [0.05, 0.1) is 6.20 Å². The quantitative estimate of drug-likeness (QED) is 0.838. The Kier molecular flexibility index (Phi) is 6.24. The van der Waals surface area contributed by atoms with Crippen molar-refractivity contribution >= 4 is 0 Å². The lowest BCUT2D eigenvalue weighted by Gasteiger charge is -2.41. The molecule has 0 radical (unpaired) electrons. The van der Waals surface area contributed by atoms with Gasteiger partial charge in [0.1, 0.15) is 0 Å². The van der Waals surface area contributed by atoms with Crippen LogP contribution in [0.4, 0.5) is 0 Å². The van der Waals surface area contributed by atoms with Gasteiger partial charge in [-0.3, -0.25) is 9.58 Å². The molecule has 1 aromatic heterocycles. The van der Waals surface area contributed by atoms with Crippen molar-refractivity contribution in [3.8, 4) is 0 Å². The molecule has 21 heavy (non-hydrogen) atoms. The van der Waals surface area contributed by atoms with E-state index < -0.39 is 0 Å². The summed E-state index contributed by atoms with van der Waals surface area (Å²) >= 11 is 0. The smallest absolute Gasteiger partial charge is 0.0522 e. The highest BCUT2D eigenvalue weighted by atomic mass is 15.2. The maximum Gasteiger partial charge on any atom is 0.0522 e. The lowest BCUT2D eigenvalue weighted by molar-refractivity contribution is 0.112. The van der Waals surface area contributed by atoms with E-state index in [9.17, 15) is 0 Å². The number of nitrogens with zero attached hydrogens (tertiary/aromatic N) is 3. The molecule has 0 spiro atoms. The van der Waals surface area contributed by atoms with Gasteiger partial charge in [-0.2, -0.15) is 5.10 Å². The summed E-state index contributed by atoms with van der Waals surface area (Å²) in [5.41, 5.74) is 1.35. The van der Waals surface area contributed by atoms with Crippen LogP contribution in [0.15, 0.2) is 12.4 Å². The lowest BCUT2D eigenvalue weighted by Crippen LogP contribution is -2.57. The van der Waals surface area contributed by atoms with Crippen LogP contribution in [-0.2, 0) is 13.5 Å². The fourth-order valence-corrected chi connectivity index (χ4v) is 3.39. The Balaban J connectivity index is 1.91. The Morgan fingerprint density at radius 2 is 2.24 bits per heavy atom. The van der Waals surface area contributed by atoms with E-state index in [1.807, 2.05) is 17.9 Å². The van der Waals surface area contributed by atoms with E-state index in [2.05, 4.69) is 42.3 Å². The van der Waals surface area contributed by atoms with Gasteiger partial charge >= 0.3 is 0 Å². The van der Waals surface area contributed by atoms with Gasteiger partial charge in [-0.05, 0) is 30.7 Å². The highest BCUT2D eigenvalue weighted by molar-refractivity contribution is 5.04. The first-order chi connectivity index (χ1) is 10.1. The molecule has 0 bridgehead atoms. The summed E-state index contributed by atoms with van der Waals surface area (Å²) in [6.07, 6.45) is 9.10. The third-order valence-corrected chi connectivity index (χ3v) is 4.44. The van der Waals surface area contributed by atoms with E-state index in [0.717, 1.165) is 25.4 Å². The standard InChI is InChI=1S/C17H32N4/c1-5-6-16-13-21(17(11-18-16)9-14(2)3)8-7-15-10-19-20(4)12-15/h10,12,14,16-18H,5-9,11,13H2,1-4H3. The molecule has 2 heterocycles. The van der Waals surface area contributed by atoms with Crippen LogP contribution in [0.2, 0.25) is 0 Å². The third kappa shape index (κ3) is 5.11. The molecule has 1 saturated heterocycles. The highest BCUT2D eigenvalue weighted by Crippen LogP contribution is 2.17. The van der Waals surface area contributed by atoms with Crippen molar-refractivity contribution in [1.29, 1.82) is 0 Å². The van der Waals surface area contributed by atoms with E-state index in [-0.39, 0.29) is 0 Å². The highest BCUT2D eigenvalue weighted by Gasteiger charge is 2.27. The second kappa shape index (κ2) is 7.95. The first kappa shape index (κ1) is 16.5. The summed E-state index contributed by atoms with van der Waals surface area (Å²) in [6, 6.07) is 1.36. The zero-order chi connectivity index (χ0) is 15.2. The van der Waals surface area contributed by atoms with Crippen LogP contribution < -0.4 is 5.32 Å². The second-order valence-electron chi connectivity index (χ2n) is 6.94. The normalized spacial score (nSPS) is 23.9. The molecule has 0 aliphatic carbocycles. The monoisotopic (exact) mass is 292 g/mol. The topological polar surface area (TPSA) is 33.1 Å². The molecule has 120 valence electrons. The zero-order valence-corrected chi connectivity index (χ0v) is 14.2. The van der Waals surface area contributed by atoms with E-state index >= 15 is 0 Å². The first-order valence-corrected chi connectivity index (χ1v) is 8.53. The number of rotatable bonds is 7. The van der Waals surface area contributed by atoms with Crippen molar-refractivity contribution in [3.05, 3.63) is 18.0 Å². The molecule has 4 nitrogen and oxygen atoms in total. The maximum atomic E-state index is 4.28. The van der Waals surface area contributed by atoms with Crippen LogP contribution in [0.5, 0.6) is 0 Å². The average molecular weight is 292 g/mol. The van der Waals surface area contributed by atoms with Gasteiger partial charge in [0, 0.05) is 45.0 Å². The molecule has 1 N–H and O–H groups in total. The SMILES string of the molecule is CCCC1CN(CCc2cnn(C)c2)C(CC(C)C)CN1. The van der Waals surface area contributed by atoms with Gasteiger partial charge in [-0.15, -0.1) is 0 Å². The number of hydrogen-bond donors (Lipinski definition) is 1. The predicted molar refractivity (Wildman–Crippen MR) is 88.4 cm³/mol. The van der Waals surface area contributed by atoms with E-state index in [1.54, 1.807) is 0 Å². The fraction of sp³-hybridized carbons (Fsp3) is 0.824. The van der Waals surface area contributed by atoms with Gasteiger partial charge in [0.25, 0.3) is 0 Å². The molecular formula is C17H32N4. The third-order valence-electron chi connectivity index (χ3n) is 4.44. The molecule has 4 heteroatoms. The van der Waals surface area contributed by atoms with Gasteiger partial charge in [-0.25, -0.2) is 0 Å². The Morgan fingerprint density at radius 3 is 2.86 bits per heavy atom. The largest absolute Gasteiger partial charge is 0.311 e. The molecule has 2 unspecified atom stereocenters. The Hall–Kier alpha value is -0.870. The molecule has 1 aliphatic heterocycles. The van der Waals surface area contributed by atoms with E-state index in [0.29, 0.717) is 12.1 Å². The molecule has 0 saturated carbocycles. The van der Waals surface area contributed by atoms with Gasteiger partial charge < -0.3 is 5.32 Å². The number of aryl methyl sites for hydroxylation is 1. The van der Waals surface area contributed by atoms with Crippen LogP contribution in [-0.4, -0.2) is 46.4 Å². The van der Waals surface area contributed by atoms with Crippen molar-refractivity contribution in [2.24, 2.45) is 13.0 Å². The van der Waals surface area contributed by atoms with Crippen molar-refractivity contribution in [2.45, 2.75) is 58.5 Å². The minimum absolute atomic E-state index is 0.673. The summed E-state index contributed by atoms with van der Waals surface area (Å²) in [5.74, 6) is 0.764. The van der Waals surface area contributed by atoms with Crippen molar-refractivity contribution in [2.75, 3.05) is 19.6 Å². The van der Waals surface area contributed by atoms with Crippen molar-refractivity contribution in [3.63, 3.8) is 0 Å². The minimum atomic E-state index is 0.673. The zero-order valence-electron chi connectivity index (χ0n) is 14.2. The molecule has 1 aromatic rings. The molecule has 1 aliphatic rings. The molecule has 0 amide bonds. The summed E-state index contributed by atoms with van der Waals surface area (Å²) in [7, 11) is 1.99. The van der Waals surface area contributed by atoms with Crippen molar-refractivity contribution < 1.29 is 0 Å². The fourth-order valence-electron chi connectivity index (χ4n) is 3.39. The average Bonchev–Trinajstić information content (AvgIpc) is 2.84. The summed E-state index contributed by atoms with van der Waals surface area (Å²) < 4.78 is 1.90. The van der Waals surface area contributed by atoms with Gasteiger partial charge in [-0.1, -0.05) is 27.2 Å². The Labute approximate surface area is 129 Å². The van der Waals surface area contributed by atoms with E-state index in [1.165, 1.54) is 31.4 Å². The first-order valence-electron chi connectivity index (χ1n) is 8.53. The summed E-state index contributed by atoms with van der Waals surface area (Å²) in [5, 5.41) is 8.03. The predicted octanol–water partition coefficient (Wildman–Crippen LogP) is 2.45. The van der Waals surface area contributed by atoms with Crippen LogP contribution in [0.25, 0.3) is 0 Å². The van der Waals surface area contributed by atoms with E-state index in [4.69, 9.17) is 0 Å². The number of piperazine rings is 1. The van der Waals surface area contributed by atoms with Crippen LogP contribution in [0, 0.1) is 5.92 Å². The van der Waals surface area contributed by atoms with Crippen molar-refractivity contribution in [1.82, 2.24) is 20.0 Å².